The van der Waals surface area contributed by atoms with Gasteiger partial charge >= 0.3 is 0 Å². The highest BCUT2D eigenvalue weighted by Gasteiger charge is 2.31. The van der Waals surface area contributed by atoms with E-state index < -0.39 is 5.29 Å². The van der Waals surface area contributed by atoms with E-state index in [4.69, 9.17) is 0 Å². The predicted octanol–water partition coefficient (Wildman–Crippen LogP) is 3.80. The van der Waals surface area contributed by atoms with E-state index >= 15 is 0 Å². The van der Waals surface area contributed by atoms with Gasteiger partial charge in [0.25, 0.3) is 0 Å². The first kappa shape index (κ1) is 11.8. The average molecular weight is 237 g/mol. The molecule has 0 bridgehead atoms. The lowest BCUT2D eigenvalue weighted by atomic mass is 12.0. The normalized spacial score (nSPS) is 16.3. The van der Waals surface area contributed by atoms with E-state index in [9.17, 15) is 0 Å². The fourth-order valence-electron chi connectivity index (χ4n) is 0.447. The lowest BCUT2D eigenvalue weighted by Crippen LogP contribution is -1.93. The van der Waals surface area contributed by atoms with Crippen molar-refractivity contribution in [3.05, 3.63) is 0 Å². The molecule has 0 nitrogen and oxygen atoms in total. The predicted molar refractivity (Wildman–Crippen MR) is 69.0 cm³/mol. The van der Waals surface area contributed by atoms with Gasteiger partial charge in [-0.15, -0.1) is 48.5 Å². The van der Waals surface area contributed by atoms with Crippen LogP contribution in [0.3, 0.4) is 0 Å². The van der Waals surface area contributed by atoms with E-state index in [1.165, 1.54) is 0 Å². The topological polar surface area (TPSA) is 0 Å². The first-order chi connectivity index (χ1) is 4.54. The summed E-state index contributed by atoms with van der Waals surface area (Å²) in [5, 5.41) is -1.49. The van der Waals surface area contributed by atoms with Crippen molar-refractivity contribution in [2.45, 2.75) is 0 Å². The molecule has 0 aromatic heterocycles. The molecule has 66 valence electrons. The molecule has 0 unspecified atom stereocenters. The second-order valence-corrected chi connectivity index (χ2v) is 25.2. The summed E-state index contributed by atoms with van der Waals surface area (Å²) in [7, 11) is 8.16. The van der Waals surface area contributed by atoms with E-state index in [1.807, 2.05) is 43.2 Å². The Kier molecular flexibility index (Phi) is 4.84. The Morgan fingerprint density at radius 3 is 0.900 bits per heavy atom. The summed E-state index contributed by atoms with van der Waals surface area (Å²) in [4.78, 5) is 0. The summed E-state index contributed by atoms with van der Waals surface area (Å²) in [5.41, 5.74) is 0. The molecular formula is C5H16S5. The van der Waals surface area contributed by atoms with Crippen molar-refractivity contribution in [3.8, 4) is 0 Å². The number of thiol groups is 1. The Labute approximate surface area is 79.3 Å². The zero-order valence-corrected chi connectivity index (χ0v) is 11.2. The zero-order valence-electron chi connectivity index (χ0n) is 7.08. The molecule has 0 aromatic rings. The van der Waals surface area contributed by atoms with Gasteiger partial charge in [0.1, 0.15) is 0 Å². The molecule has 0 saturated heterocycles. The highest BCUT2D eigenvalue weighted by molar-refractivity contribution is 9.74. The second kappa shape index (κ2) is 4.12. The number of hydrogen-bond acceptors (Lipinski definition) is 4. The van der Waals surface area contributed by atoms with Crippen molar-refractivity contribution in [2.75, 3.05) is 31.3 Å². The standard InChI is InChI=1S/C5H16S5/c1-6-10(5,7-2,8-3)9-4/h10H,1-5H3. The first-order valence-corrected chi connectivity index (χ1v) is 12.8. The third-order valence-corrected chi connectivity index (χ3v) is 30.7. The van der Waals surface area contributed by atoms with Crippen LogP contribution < -0.4 is 0 Å². The summed E-state index contributed by atoms with van der Waals surface area (Å²) in [5.74, 6) is 0. The molecule has 0 rings (SSSR count). The van der Waals surface area contributed by atoms with E-state index in [1.54, 1.807) is 0 Å². The molecule has 0 heterocycles. The molecule has 0 N–H and O–H groups in total. The van der Waals surface area contributed by atoms with Crippen molar-refractivity contribution >= 4 is 48.5 Å². The Balaban J connectivity index is 4.42. The van der Waals surface area contributed by atoms with Crippen LogP contribution in [0.25, 0.3) is 0 Å². The fourth-order valence-corrected chi connectivity index (χ4v) is 12.1. The molecule has 0 radical (unpaired) electrons. The molecule has 10 heavy (non-hydrogen) atoms. The van der Waals surface area contributed by atoms with E-state index in [0.29, 0.717) is 0 Å². The molecule has 0 saturated carbocycles. The van der Waals surface area contributed by atoms with Gasteiger partial charge in [-0.25, -0.2) is 0 Å². The Bertz CT molecular complexity index is 85.1. The fraction of sp³-hybridized carbons (Fsp3) is 1.00. The molecule has 0 amide bonds. The Morgan fingerprint density at radius 2 is 0.900 bits per heavy atom. The first-order valence-electron chi connectivity index (χ1n) is 2.81. The summed E-state index contributed by atoms with van der Waals surface area (Å²) >= 11 is 0. The minimum absolute atomic E-state index is 1.49. The van der Waals surface area contributed by atoms with Gasteiger partial charge in [-0.1, -0.05) is 0 Å². The molecule has 5 heteroatoms. The Hall–Kier alpha value is 1.75. The molecular weight excluding hydrogens is 220 g/mol. The van der Waals surface area contributed by atoms with Crippen molar-refractivity contribution in [3.63, 3.8) is 0 Å². The number of rotatable bonds is 4. The van der Waals surface area contributed by atoms with Crippen LogP contribution >= 0.6 is 48.5 Å². The molecule has 0 atom stereocenters. The minimum Gasteiger partial charge on any atom is -0.142 e. The van der Waals surface area contributed by atoms with Crippen LogP contribution in [0.5, 0.6) is 0 Å². The quantitative estimate of drug-likeness (QED) is 0.582. The second-order valence-electron chi connectivity index (χ2n) is 1.91. The molecule has 0 aliphatic rings. The van der Waals surface area contributed by atoms with Crippen LogP contribution in [0, 0.1) is 0 Å². The highest BCUT2D eigenvalue weighted by Crippen LogP contribution is 2.97. The van der Waals surface area contributed by atoms with E-state index in [-0.39, 0.29) is 0 Å². The lowest BCUT2D eigenvalue weighted by Gasteiger charge is -2.52. The van der Waals surface area contributed by atoms with Gasteiger partial charge in [0.05, 0.1) is 0 Å². The Morgan fingerprint density at radius 1 is 0.700 bits per heavy atom. The monoisotopic (exact) mass is 236 g/mol. The van der Waals surface area contributed by atoms with Gasteiger partial charge in [0.15, 0.2) is 0 Å². The van der Waals surface area contributed by atoms with E-state index in [0.717, 1.165) is 0 Å². The average Bonchev–Trinajstić information content (AvgIpc) is 2.04. The minimum atomic E-state index is -1.49. The SMILES string of the molecule is CS[SH](C)(SC)(SC)SC. The molecule has 0 fully saturated rings. The maximum atomic E-state index is 2.41. The summed E-state index contributed by atoms with van der Waals surface area (Å²) in [6.07, 6.45) is 11.3. The summed E-state index contributed by atoms with van der Waals surface area (Å²) in [6, 6.07) is 0. The smallest absolute Gasteiger partial charge is 0.00884 e. The van der Waals surface area contributed by atoms with Gasteiger partial charge in [0.2, 0.25) is 0 Å². The van der Waals surface area contributed by atoms with Crippen LogP contribution in [0.1, 0.15) is 0 Å². The zero-order chi connectivity index (χ0) is 8.28. The van der Waals surface area contributed by atoms with Crippen molar-refractivity contribution in [2.24, 2.45) is 0 Å². The maximum Gasteiger partial charge on any atom is -0.00884 e. The van der Waals surface area contributed by atoms with Gasteiger partial charge in [0, 0.05) is 0 Å². The third-order valence-electron chi connectivity index (χ3n) is 1.62. The van der Waals surface area contributed by atoms with E-state index in [2.05, 4.69) is 31.3 Å². The van der Waals surface area contributed by atoms with Gasteiger partial charge in [-0.05, 0) is 31.3 Å². The lowest BCUT2D eigenvalue weighted by molar-refractivity contribution is 2.44. The van der Waals surface area contributed by atoms with Crippen LogP contribution in [0.2, 0.25) is 0 Å². The van der Waals surface area contributed by atoms with Crippen molar-refractivity contribution in [1.29, 1.82) is 0 Å². The number of hydrogen-bond donors (Lipinski definition) is 1. The van der Waals surface area contributed by atoms with Crippen LogP contribution in [-0.4, -0.2) is 31.3 Å². The van der Waals surface area contributed by atoms with Gasteiger partial charge in [-0.2, -0.15) is 0 Å². The summed E-state index contributed by atoms with van der Waals surface area (Å²) < 4.78 is 0. The highest BCUT2D eigenvalue weighted by atomic mass is 34.1. The van der Waals surface area contributed by atoms with Gasteiger partial charge in [-0.3, -0.25) is 0 Å². The third kappa shape index (κ3) is 2.37. The molecule has 0 aliphatic heterocycles. The van der Waals surface area contributed by atoms with Crippen molar-refractivity contribution < 1.29 is 0 Å². The van der Waals surface area contributed by atoms with Crippen LogP contribution in [0.15, 0.2) is 0 Å². The molecule has 0 spiro atoms. The van der Waals surface area contributed by atoms with Crippen LogP contribution in [0.4, 0.5) is 0 Å². The molecule has 0 aromatic carbocycles. The molecule has 0 aliphatic carbocycles. The van der Waals surface area contributed by atoms with Gasteiger partial charge < -0.3 is 0 Å². The largest absolute Gasteiger partial charge is 0.142 e. The maximum absolute atomic E-state index is 2.41. The van der Waals surface area contributed by atoms with Crippen molar-refractivity contribution in [1.82, 2.24) is 0 Å². The van der Waals surface area contributed by atoms with Crippen LogP contribution in [-0.2, 0) is 0 Å². The summed E-state index contributed by atoms with van der Waals surface area (Å²) in [6.45, 7) is 0.